The van der Waals surface area contributed by atoms with Gasteiger partial charge in [-0.1, -0.05) is 18.2 Å². The molecule has 11 heteroatoms. The molecule has 0 fully saturated rings. The van der Waals surface area contributed by atoms with Crippen molar-refractivity contribution < 1.29 is 27.8 Å². The molecule has 28 heavy (non-hydrogen) atoms. The van der Waals surface area contributed by atoms with Gasteiger partial charge in [0.05, 0.1) is 6.20 Å². The highest BCUT2D eigenvalue weighted by Gasteiger charge is 2.31. The van der Waals surface area contributed by atoms with Gasteiger partial charge >= 0.3 is 12.3 Å². The normalized spacial score (nSPS) is 10.8. The molecule has 0 unspecified atom stereocenters. The van der Waals surface area contributed by atoms with Crippen molar-refractivity contribution in [3.63, 3.8) is 0 Å². The number of halogens is 3. The summed E-state index contributed by atoms with van der Waals surface area (Å²) in [5, 5.41) is 23.4. The molecule has 2 aromatic rings. The summed E-state index contributed by atoms with van der Waals surface area (Å²) >= 11 is 0. The summed E-state index contributed by atoms with van der Waals surface area (Å²) in [4.78, 5) is 18.6. The first-order valence-corrected chi connectivity index (χ1v) is 8.09. The number of anilines is 2. The number of carbonyl (C=O) groups is 1. The number of rotatable bonds is 9. The molecule has 8 nitrogen and oxygen atoms in total. The van der Waals surface area contributed by atoms with Gasteiger partial charge in [-0.3, -0.25) is 4.79 Å². The van der Waals surface area contributed by atoms with Crippen molar-refractivity contribution in [2.24, 2.45) is 0 Å². The average Bonchev–Trinajstić information content (AvgIpc) is 2.63. The Hall–Kier alpha value is -3.55. The van der Waals surface area contributed by atoms with E-state index in [0.29, 0.717) is 6.42 Å². The maximum atomic E-state index is 12.5. The van der Waals surface area contributed by atoms with Crippen molar-refractivity contribution in [1.29, 1.82) is 5.26 Å². The lowest BCUT2D eigenvalue weighted by Gasteiger charge is -2.14. The number of nitrogens with one attached hydrogen (secondary N) is 2. The molecule has 1 aromatic carbocycles. The van der Waals surface area contributed by atoms with Gasteiger partial charge in [0, 0.05) is 25.1 Å². The number of hydrogen-bond donors (Lipinski definition) is 3. The topological polar surface area (TPSA) is 120 Å². The molecule has 0 aliphatic carbocycles. The summed E-state index contributed by atoms with van der Waals surface area (Å²) in [6.07, 6.45) is -3.27. The number of carboxylic acid groups (broad SMARTS) is 1. The summed E-state index contributed by atoms with van der Waals surface area (Å²) in [7, 11) is 0. The molecule has 148 valence electrons. The molecule has 0 saturated carbocycles. The Morgan fingerprint density at radius 2 is 2.04 bits per heavy atom. The molecule has 0 atom stereocenters. The van der Waals surface area contributed by atoms with Crippen LogP contribution in [0.1, 0.15) is 24.0 Å². The zero-order valence-electron chi connectivity index (χ0n) is 14.5. The number of ether oxygens (including phenoxy) is 1. The zero-order valence-corrected chi connectivity index (χ0v) is 14.5. The van der Waals surface area contributed by atoms with Crippen LogP contribution in [0.15, 0.2) is 30.5 Å². The van der Waals surface area contributed by atoms with Crippen molar-refractivity contribution in [2.75, 3.05) is 17.2 Å². The minimum Gasteiger partial charge on any atom is -0.481 e. The van der Waals surface area contributed by atoms with E-state index >= 15 is 0 Å². The Bertz CT molecular complexity index is 868. The Balaban J connectivity index is 2.06. The van der Waals surface area contributed by atoms with Gasteiger partial charge < -0.3 is 20.5 Å². The largest absolute Gasteiger partial charge is 0.573 e. The first-order chi connectivity index (χ1) is 13.3. The number of hydrogen-bond acceptors (Lipinski definition) is 7. The molecular formula is C17H16F3N5O3. The molecule has 1 aromatic heterocycles. The van der Waals surface area contributed by atoms with Gasteiger partial charge in [0.15, 0.2) is 0 Å². The second-order valence-electron chi connectivity index (χ2n) is 5.50. The van der Waals surface area contributed by atoms with Crippen LogP contribution in [0.2, 0.25) is 0 Å². The van der Waals surface area contributed by atoms with Crippen LogP contribution in [0.3, 0.4) is 0 Å². The Labute approximate surface area is 158 Å². The minimum absolute atomic E-state index is 0.0406. The van der Waals surface area contributed by atoms with Crippen molar-refractivity contribution in [3.05, 3.63) is 41.6 Å². The number of nitriles is 1. The van der Waals surface area contributed by atoms with Crippen molar-refractivity contribution in [2.45, 2.75) is 25.7 Å². The number of benzene rings is 1. The number of aromatic nitrogens is 2. The monoisotopic (exact) mass is 395 g/mol. The Morgan fingerprint density at radius 1 is 1.29 bits per heavy atom. The van der Waals surface area contributed by atoms with Crippen LogP contribution >= 0.6 is 0 Å². The van der Waals surface area contributed by atoms with Gasteiger partial charge in [0.1, 0.15) is 23.2 Å². The summed E-state index contributed by atoms with van der Waals surface area (Å²) in [6, 6.07) is 7.54. The number of alkyl halides is 3. The van der Waals surface area contributed by atoms with Crippen LogP contribution in [0.5, 0.6) is 5.75 Å². The van der Waals surface area contributed by atoms with Crippen LogP contribution in [-0.2, 0) is 11.3 Å². The predicted octanol–water partition coefficient (Wildman–Crippen LogP) is 3.14. The average molecular weight is 395 g/mol. The van der Waals surface area contributed by atoms with Gasteiger partial charge in [-0.15, -0.1) is 13.2 Å². The minimum atomic E-state index is -4.81. The van der Waals surface area contributed by atoms with Crippen molar-refractivity contribution in [1.82, 2.24) is 9.97 Å². The highest BCUT2D eigenvalue weighted by Crippen LogP contribution is 2.26. The first-order valence-electron chi connectivity index (χ1n) is 8.09. The maximum Gasteiger partial charge on any atom is 0.573 e. The fourth-order valence-corrected chi connectivity index (χ4v) is 2.18. The SMILES string of the molecule is N#Cc1cnc(NCc2ccccc2OC(F)(F)F)nc1NCCCC(=O)O. The third-order valence-electron chi connectivity index (χ3n) is 3.40. The smallest absolute Gasteiger partial charge is 0.481 e. The molecule has 0 amide bonds. The molecule has 0 aliphatic heterocycles. The van der Waals surface area contributed by atoms with E-state index in [0.717, 1.165) is 0 Å². The van der Waals surface area contributed by atoms with E-state index in [-0.39, 0.29) is 48.2 Å². The Kier molecular flexibility index (Phi) is 6.97. The molecule has 0 spiro atoms. The number of aliphatic carboxylic acids is 1. The fraction of sp³-hybridized carbons (Fsp3) is 0.294. The Morgan fingerprint density at radius 3 is 2.71 bits per heavy atom. The summed E-state index contributed by atoms with van der Waals surface area (Å²) in [6.45, 7) is 0.232. The molecular weight excluding hydrogens is 379 g/mol. The fourth-order valence-electron chi connectivity index (χ4n) is 2.18. The second-order valence-corrected chi connectivity index (χ2v) is 5.50. The lowest BCUT2D eigenvalue weighted by Crippen LogP contribution is -2.18. The summed E-state index contributed by atoms with van der Waals surface area (Å²) < 4.78 is 41.4. The lowest BCUT2D eigenvalue weighted by molar-refractivity contribution is -0.274. The van der Waals surface area contributed by atoms with Crippen molar-refractivity contribution in [3.8, 4) is 11.8 Å². The zero-order chi connectivity index (χ0) is 20.6. The van der Waals surface area contributed by atoms with Crippen LogP contribution in [0.4, 0.5) is 24.9 Å². The van der Waals surface area contributed by atoms with Crippen LogP contribution in [-0.4, -0.2) is 34.0 Å². The quantitative estimate of drug-likeness (QED) is 0.554. The third-order valence-corrected chi connectivity index (χ3v) is 3.40. The van der Waals surface area contributed by atoms with Gasteiger partial charge in [0.2, 0.25) is 5.95 Å². The highest BCUT2D eigenvalue weighted by molar-refractivity contribution is 5.66. The van der Waals surface area contributed by atoms with Crippen LogP contribution < -0.4 is 15.4 Å². The van der Waals surface area contributed by atoms with E-state index in [1.165, 1.54) is 24.4 Å². The standard InChI is InChI=1S/C17H16F3N5O3/c18-17(19,20)28-13-5-2-1-4-11(13)9-23-16-24-10-12(8-21)15(25-16)22-7-3-6-14(26)27/h1-2,4-5,10H,3,6-7,9H2,(H,26,27)(H2,22,23,24,25). The van der Waals surface area contributed by atoms with E-state index in [4.69, 9.17) is 10.4 Å². The molecule has 0 bridgehead atoms. The number of para-hydroxylation sites is 1. The molecule has 0 radical (unpaired) electrons. The van der Waals surface area contributed by atoms with Gasteiger partial charge in [-0.25, -0.2) is 4.98 Å². The van der Waals surface area contributed by atoms with E-state index in [1.54, 1.807) is 6.07 Å². The van der Waals surface area contributed by atoms with Crippen molar-refractivity contribution >= 4 is 17.7 Å². The summed E-state index contributed by atoms with van der Waals surface area (Å²) in [5.74, 6) is -0.998. The summed E-state index contributed by atoms with van der Waals surface area (Å²) in [5.41, 5.74) is 0.394. The first kappa shape index (κ1) is 20.8. The van der Waals surface area contributed by atoms with Gasteiger partial charge in [-0.2, -0.15) is 10.2 Å². The van der Waals surface area contributed by atoms with E-state index in [9.17, 15) is 18.0 Å². The molecule has 3 N–H and O–H groups in total. The van der Waals surface area contributed by atoms with E-state index in [2.05, 4.69) is 25.3 Å². The molecule has 0 aliphatic rings. The highest BCUT2D eigenvalue weighted by atomic mass is 19.4. The van der Waals surface area contributed by atoms with E-state index < -0.39 is 12.3 Å². The number of nitrogens with zero attached hydrogens (tertiary/aromatic N) is 3. The molecule has 2 rings (SSSR count). The number of carboxylic acids is 1. The second kappa shape index (κ2) is 9.40. The lowest BCUT2D eigenvalue weighted by atomic mass is 10.2. The molecule has 1 heterocycles. The van der Waals surface area contributed by atoms with Gasteiger partial charge in [0.25, 0.3) is 0 Å². The van der Waals surface area contributed by atoms with Gasteiger partial charge in [-0.05, 0) is 12.5 Å². The van der Waals surface area contributed by atoms with E-state index in [1.807, 2.05) is 6.07 Å². The third kappa shape index (κ3) is 6.64. The predicted molar refractivity (Wildman–Crippen MR) is 92.6 cm³/mol. The van der Waals surface area contributed by atoms with Crippen LogP contribution in [0, 0.1) is 11.3 Å². The molecule has 0 saturated heterocycles. The maximum absolute atomic E-state index is 12.5. The van der Waals surface area contributed by atoms with Crippen LogP contribution in [0.25, 0.3) is 0 Å².